The SMILES string of the molecule is CCC(Nc1ncccc1Br)c1cccs1. The van der Waals surface area contributed by atoms with Crippen molar-refractivity contribution in [3.63, 3.8) is 0 Å². The monoisotopic (exact) mass is 296 g/mol. The molecule has 0 aliphatic carbocycles. The largest absolute Gasteiger partial charge is 0.362 e. The molecule has 4 heteroatoms. The van der Waals surface area contributed by atoms with Gasteiger partial charge in [0.25, 0.3) is 0 Å². The lowest BCUT2D eigenvalue weighted by Crippen LogP contribution is -2.09. The number of thiophene rings is 1. The fraction of sp³-hybridized carbons (Fsp3) is 0.250. The summed E-state index contributed by atoms with van der Waals surface area (Å²) in [6.07, 6.45) is 2.85. The zero-order valence-corrected chi connectivity index (χ0v) is 11.4. The molecule has 0 aliphatic rings. The van der Waals surface area contributed by atoms with E-state index in [0.29, 0.717) is 6.04 Å². The van der Waals surface area contributed by atoms with Gasteiger partial charge >= 0.3 is 0 Å². The van der Waals surface area contributed by atoms with Gasteiger partial charge in [0, 0.05) is 11.1 Å². The predicted octanol–water partition coefficient (Wildman–Crippen LogP) is 4.47. The highest BCUT2D eigenvalue weighted by molar-refractivity contribution is 9.10. The van der Waals surface area contributed by atoms with Gasteiger partial charge in [-0.25, -0.2) is 4.98 Å². The molecule has 84 valence electrons. The summed E-state index contributed by atoms with van der Waals surface area (Å²) >= 11 is 5.27. The van der Waals surface area contributed by atoms with E-state index in [1.54, 1.807) is 17.5 Å². The Bertz CT molecular complexity index is 442. The van der Waals surface area contributed by atoms with Crippen LogP contribution < -0.4 is 5.32 Å². The lowest BCUT2D eigenvalue weighted by molar-refractivity contribution is 0.758. The van der Waals surface area contributed by atoms with Crippen molar-refractivity contribution in [2.24, 2.45) is 0 Å². The number of hydrogen-bond donors (Lipinski definition) is 1. The normalized spacial score (nSPS) is 12.4. The lowest BCUT2D eigenvalue weighted by atomic mass is 10.2. The first-order valence-electron chi connectivity index (χ1n) is 5.21. The third-order valence-electron chi connectivity index (χ3n) is 2.36. The maximum atomic E-state index is 4.32. The first-order chi connectivity index (χ1) is 7.81. The maximum Gasteiger partial charge on any atom is 0.140 e. The van der Waals surface area contributed by atoms with Gasteiger partial charge < -0.3 is 5.32 Å². The molecule has 2 aromatic rings. The molecule has 0 saturated carbocycles. The molecule has 0 saturated heterocycles. The Morgan fingerprint density at radius 1 is 1.44 bits per heavy atom. The highest BCUT2D eigenvalue weighted by atomic mass is 79.9. The Morgan fingerprint density at radius 2 is 2.31 bits per heavy atom. The molecular formula is C12H13BrN2S. The number of nitrogens with zero attached hydrogens (tertiary/aromatic N) is 1. The second kappa shape index (κ2) is 5.46. The van der Waals surface area contributed by atoms with Gasteiger partial charge in [-0.3, -0.25) is 0 Å². The summed E-state index contributed by atoms with van der Waals surface area (Å²) in [5, 5.41) is 5.56. The minimum absolute atomic E-state index is 0.339. The van der Waals surface area contributed by atoms with Crippen LogP contribution in [0.3, 0.4) is 0 Å². The Hall–Kier alpha value is -0.870. The van der Waals surface area contributed by atoms with Crippen LogP contribution in [-0.4, -0.2) is 4.98 Å². The van der Waals surface area contributed by atoms with Gasteiger partial charge in [0.1, 0.15) is 5.82 Å². The van der Waals surface area contributed by atoms with Crippen molar-refractivity contribution in [3.8, 4) is 0 Å². The molecule has 2 nitrogen and oxygen atoms in total. The molecule has 1 N–H and O–H groups in total. The number of pyridine rings is 1. The van der Waals surface area contributed by atoms with E-state index in [1.807, 2.05) is 12.1 Å². The molecule has 0 aromatic carbocycles. The van der Waals surface area contributed by atoms with Crippen LogP contribution in [0.5, 0.6) is 0 Å². The van der Waals surface area contributed by atoms with Crippen LogP contribution in [0, 0.1) is 0 Å². The summed E-state index contributed by atoms with van der Waals surface area (Å²) in [5.41, 5.74) is 0. The molecule has 0 aliphatic heterocycles. The minimum Gasteiger partial charge on any atom is -0.362 e. The molecule has 1 atom stereocenters. The van der Waals surface area contributed by atoms with Gasteiger partial charge in [0.05, 0.1) is 10.5 Å². The minimum atomic E-state index is 0.339. The first kappa shape index (κ1) is 11.6. The first-order valence-corrected chi connectivity index (χ1v) is 6.89. The quantitative estimate of drug-likeness (QED) is 0.900. The average Bonchev–Trinajstić information content (AvgIpc) is 2.81. The fourth-order valence-corrected chi connectivity index (χ4v) is 2.75. The third-order valence-corrected chi connectivity index (χ3v) is 3.99. The summed E-state index contributed by atoms with van der Waals surface area (Å²) < 4.78 is 1.00. The van der Waals surface area contributed by atoms with Gasteiger partial charge in [0.15, 0.2) is 0 Å². The zero-order valence-electron chi connectivity index (χ0n) is 8.98. The Labute approximate surface area is 108 Å². The van der Waals surface area contributed by atoms with Crippen molar-refractivity contribution in [2.45, 2.75) is 19.4 Å². The van der Waals surface area contributed by atoms with Crippen LogP contribution in [0.1, 0.15) is 24.3 Å². The van der Waals surface area contributed by atoms with Gasteiger partial charge in [-0.1, -0.05) is 13.0 Å². The van der Waals surface area contributed by atoms with Crippen LogP contribution in [0.4, 0.5) is 5.82 Å². The van der Waals surface area contributed by atoms with Crippen LogP contribution in [0.2, 0.25) is 0 Å². The topological polar surface area (TPSA) is 24.9 Å². The van der Waals surface area contributed by atoms with Crippen molar-refractivity contribution in [1.82, 2.24) is 4.98 Å². The Morgan fingerprint density at radius 3 is 2.94 bits per heavy atom. The van der Waals surface area contributed by atoms with Gasteiger partial charge in [-0.05, 0) is 45.9 Å². The third kappa shape index (κ3) is 2.62. The molecule has 1 unspecified atom stereocenters. The van der Waals surface area contributed by atoms with Crippen molar-refractivity contribution in [2.75, 3.05) is 5.32 Å². The maximum absolute atomic E-state index is 4.32. The van der Waals surface area contributed by atoms with Crippen LogP contribution in [-0.2, 0) is 0 Å². The second-order valence-electron chi connectivity index (χ2n) is 3.45. The predicted molar refractivity (Wildman–Crippen MR) is 72.9 cm³/mol. The van der Waals surface area contributed by atoms with Gasteiger partial charge in [-0.2, -0.15) is 0 Å². The smallest absolute Gasteiger partial charge is 0.140 e. The van der Waals surface area contributed by atoms with E-state index < -0.39 is 0 Å². The van der Waals surface area contributed by atoms with Gasteiger partial charge in [-0.15, -0.1) is 11.3 Å². The van der Waals surface area contributed by atoms with E-state index in [-0.39, 0.29) is 0 Å². The number of rotatable bonds is 4. The average molecular weight is 297 g/mol. The van der Waals surface area contributed by atoms with Crippen molar-refractivity contribution >= 4 is 33.1 Å². The standard InChI is InChI=1S/C12H13BrN2S/c1-2-10(11-6-4-8-16-11)15-12-9(13)5-3-7-14-12/h3-8,10H,2H2,1H3,(H,14,15). The molecule has 0 radical (unpaired) electrons. The number of aromatic nitrogens is 1. The molecule has 16 heavy (non-hydrogen) atoms. The van der Waals surface area contributed by atoms with E-state index in [0.717, 1.165) is 16.7 Å². The number of halogens is 1. The Balaban J connectivity index is 2.17. The van der Waals surface area contributed by atoms with E-state index >= 15 is 0 Å². The summed E-state index contributed by atoms with van der Waals surface area (Å²) in [6, 6.07) is 8.49. The molecule has 0 fully saturated rings. The van der Waals surface area contributed by atoms with E-state index in [9.17, 15) is 0 Å². The molecular weight excluding hydrogens is 284 g/mol. The summed E-state index contributed by atoms with van der Waals surface area (Å²) in [6.45, 7) is 2.17. The highest BCUT2D eigenvalue weighted by Gasteiger charge is 2.11. The lowest BCUT2D eigenvalue weighted by Gasteiger charge is -2.16. The molecule has 0 amide bonds. The summed E-state index contributed by atoms with van der Waals surface area (Å²) in [7, 11) is 0. The summed E-state index contributed by atoms with van der Waals surface area (Å²) in [4.78, 5) is 5.67. The van der Waals surface area contributed by atoms with Crippen LogP contribution >= 0.6 is 27.3 Å². The number of nitrogens with one attached hydrogen (secondary N) is 1. The van der Waals surface area contributed by atoms with Crippen LogP contribution in [0.25, 0.3) is 0 Å². The van der Waals surface area contributed by atoms with Crippen molar-refractivity contribution in [1.29, 1.82) is 0 Å². The molecule has 2 heterocycles. The molecule has 0 spiro atoms. The van der Waals surface area contributed by atoms with Crippen molar-refractivity contribution in [3.05, 3.63) is 45.2 Å². The molecule has 2 aromatic heterocycles. The van der Waals surface area contributed by atoms with Crippen LogP contribution in [0.15, 0.2) is 40.3 Å². The van der Waals surface area contributed by atoms with E-state index in [2.05, 4.69) is 50.7 Å². The highest BCUT2D eigenvalue weighted by Crippen LogP contribution is 2.28. The fourth-order valence-electron chi connectivity index (χ4n) is 1.52. The van der Waals surface area contributed by atoms with E-state index in [1.165, 1.54) is 4.88 Å². The van der Waals surface area contributed by atoms with E-state index in [4.69, 9.17) is 0 Å². The second-order valence-corrected chi connectivity index (χ2v) is 5.29. The number of anilines is 1. The Kier molecular flexibility index (Phi) is 3.96. The summed E-state index contributed by atoms with van der Waals surface area (Å²) in [5.74, 6) is 0.905. The molecule has 0 bridgehead atoms. The van der Waals surface area contributed by atoms with Crippen molar-refractivity contribution < 1.29 is 0 Å². The zero-order chi connectivity index (χ0) is 11.4. The number of hydrogen-bond acceptors (Lipinski definition) is 3. The van der Waals surface area contributed by atoms with Gasteiger partial charge in [0.2, 0.25) is 0 Å². The molecule has 2 rings (SSSR count).